The van der Waals surface area contributed by atoms with E-state index in [0.717, 1.165) is 17.4 Å². The smallest absolute Gasteiger partial charge is 0.205 e. The van der Waals surface area contributed by atoms with E-state index in [1.807, 2.05) is 17.8 Å². The van der Waals surface area contributed by atoms with Crippen LogP contribution in [0.25, 0.3) is 0 Å². The molecule has 5 nitrogen and oxygen atoms in total. The zero-order chi connectivity index (χ0) is 9.10. The number of nitrogens with one attached hydrogen (secondary N) is 1. The first-order valence-corrected chi connectivity index (χ1v) is 4.69. The van der Waals surface area contributed by atoms with E-state index in [4.69, 9.17) is 0 Å². The highest BCUT2D eigenvalue weighted by molar-refractivity contribution is 7.13. The fourth-order valence-corrected chi connectivity index (χ4v) is 1.42. The second-order valence-electron chi connectivity index (χ2n) is 2.59. The molecule has 0 atom stereocenters. The number of imidazole rings is 1. The number of rotatable bonds is 3. The summed E-state index contributed by atoms with van der Waals surface area (Å²) in [6, 6.07) is 0. The van der Waals surface area contributed by atoms with Crippen LogP contribution in [0.4, 0.5) is 5.13 Å². The van der Waals surface area contributed by atoms with Crippen molar-refractivity contribution in [3.63, 3.8) is 0 Å². The third-order valence-corrected chi connectivity index (χ3v) is 2.35. The first-order chi connectivity index (χ1) is 6.36. The Hall–Kier alpha value is -1.43. The van der Waals surface area contributed by atoms with Crippen molar-refractivity contribution >= 4 is 16.5 Å². The van der Waals surface area contributed by atoms with Gasteiger partial charge in [0, 0.05) is 13.2 Å². The van der Waals surface area contributed by atoms with Gasteiger partial charge in [0.05, 0.1) is 18.6 Å². The Labute approximate surface area is 79.5 Å². The summed E-state index contributed by atoms with van der Waals surface area (Å²) in [4.78, 5) is 4.01. The number of hydrogen-bond acceptors (Lipinski definition) is 5. The van der Waals surface area contributed by atoms with Crippen LogP contribution in [0.15, 0.2) is 18.0 Å². The van der Waals surface area contributed by atoms with Crippen molar-refractivity contribution in [2.24, 2.45) is 7.05 Å². The van der Waals surface area contributed by atoms with Crippen LogP contribution in [0.5, 0.6) is 0 Å². The van der Waals surface area contributed by atoms with Crippen LogP contribution in [-0.4, -0.2) is 19.7 Å². The molecule has 6 heteroatoms. The molecule has 0 fully saturated rings. The molecule has 13 heavy (non-hydrogen) atoms. The largest absolute Gasteiger partial charge is 0.354 e. The van der Waals surface area contributed by atoms with Crippen LogP contribution in [0.1, 0.15) is 5.69 Å². The molecule has 2 heterocycles. The molecule has 0 amide bonds. The highest BCUT2D eigenvalue weighted by Crippen LogP contribution is 2.09. The van der Waals surface area contributed by atoms with E-state index in [2.05, 4.69) is 20.5 Å². The lowest BCUT2D eigenvalue weighted by atomic mass is 10.5. The van der Waals surface area contributed by atoms with Crippen LogP contribution in [-0.2, 0) is 13.6 Å². The Morgan fingerprint density at radius 2 is 2.54 bits per heavy atom. The summed E-state index contributed by atoms with van der Waals surface area (Å²) in [5.41, 5.74) is 2.82. The van der Waals surface area contributed by atoms with E-state index < -0.39 is 0 Å². The Morgan fingerprint density at radius 1 is 1.62 bits per heavy atom. The summed E-state index contributed by atoms with van der Waals surface area (Å²) in [5.74, 6) is 0. The Kier molecular flexibility index (Phi) is 2.22. The molecule has 0 aromatic carbocycles. The van der Waals surface area contributed by atoms with Crippen molar-refractivity contribution in [3.05, 3.63) is 23.7 Å². The highest BCUT2D eigenvalue weighted by Gasteiger charge is 1.99. The lowest BCUT2D eigenvalue weighted by Gasteiger charge is -2.01. The number of aryl methyl sites for hydroxylation is 1. The molecular formula is C7H9N5S. The van der Waals surface area contributed by atoms with E-state index in [9.17, 15) is 0 Å². The summed E-state index contributed by atoms with van der Waals surface area (Å²) < 4.78 is 1.97. The van der Waals surface area contributed by atoms with Gasteiger partial charge in [0.1, 0.15) is 5.51 Å². The fourth-order valence-electron chi connectivity index (χ4n) is 0.971. The average Bonchev–Trinajstić information content (AvgIpc) is 2.72. The molecule has 2 rings (SSSR count). The molecule has 0 saturated carbocycles. The lowest BCUT2D eigenvalue weighted by Crippen LogP contribution is -2.03. The van der Waals surface area contributed by atoms with E-state index in [0.29, 0.717) is 0 Å². The number of anilines is 1. The Bertz CT molecular complexity index is 366. The molecule has 0 radical (unpaired) electrons. The molecule has 0 spiro atoms. The van der Waals surface area contributed by atoms with Gasteiger partial charge in [-0.15, -0.1) is 10.2 Å². The van der Waals surface area contributed by atoms with Crippen molar-refractivity contribution in [1.82, 2.24) is 19.7 Å². The summed E-state index contributed by atoms with van der Waals surface area (Å²) in [5, 5.41) is 11.6. The molecule has 0 unspecified atom stereocenters. The molecular weight excluding hydrogens is 186 g/mol. The van der Waals surface area contributed by atoms with Crippen LogP contribution >= 0.6 is 11.3 Å². The van der Waals surface area contributed by atoms with Gasteiger partial charge in [-0.1, -0.05) is 11.3 Å². The van der Waals surface area contributed by atoms with E-state index in [1.54, 1.807) is 11.8 Å². The topological polar surface area (TPSA) is 55.6 Å². The molecule has 0 saturated heterocycles. The van der Waals surface area contributed by atoms with Gasteiger partial charge in [-0.3, -0.25) is 0 Å². The molecule has 0 aliphatic rings. The van der Waals surface area contributed by atoms with Gasteiger partial charge in [-0.2, -0.15) is 0 Å². The van der Waals surface area contributed by atoms with Crippen molar-refractivity contribution < 1.29 is 0 Å². The van der Waals surface area contributed by atoms with Crippen molar-refractivity contribution in [2.45, 2.75) is 6.54 Å². The molecule has 0 bridgehead atoms. The zero-order valence-electron chi connectivity index (χ0n) is 7.14. The molecule has 68 valence electrons. The zero-order valence-corrected chi connectivity index (χ0v) is 7.95. The number of aromatic nitrogens is 4. The maximum atomic E-state index is 4.01. The van der Waals surface area contributed by atoms with Crippen LogP contribution in [0, 0.1) is 0 Å². The quantitative estimate of drug-likeness (QED) is 0.790. The molecule has 0 aliphatic carbocycles. The Morgan fingerprint density at radius 3 is 3.15 bits per heavy atom. The number of nitrogens with zero attached hydrogens (tertiary/aromatic N) is 4. The first-order valence-electron chi connectivity index (χ1n) is 3.81. The van der Waals surface area contributed by atoms with Crippen LogP contribution < -0.4 is 5.32 Å². The highest BCUT2D eigenvalue weighted by atomic mass is 32.1. The van der Waals surface area contributed by atoms with Gasteiger partial charge >= 0.3 is 0 Å². The van der Waals surface area contributed by atoms with Gasteiger partial charge in [-0.25, -0.2) is 4.98 Å². The van der Waals surface area contributed by atoms with Gasteiger partial charge in [0.15, 0.2) is 0 Å². The van der Waals surface area contributed by atoms with E-state index >= 15 is 0 Å². The second-order valence-corrected chi connectivity index (χ2v) is 3.43. The Balaban J connectivity index is 1.97. The van der Waals surface area contributed by atoms with Gasteiger partial charge in [-0.05, 0) is 0 Å². The van der Waals surface area contributed by atoms with E-state index in [1.165, 1.54) is 11.3 Å². The minimum absolute atomic E-state index is 0.728. The maximum absolute atomic E-state index is 4.01. The SMILES string of the molecule is Cn1cncc1CNc1nncs1. The fraction of sp³-hybridized carbons (Fsp3) is 0.286. The third kappa shape index (κ3) is 1.83. The average molecular weight is 195 g/mol. The van der Waals surface area contributed by atoms with Crippen molar-refractivity contribution in [2.75, 3.05) is 5.32 Å². The van der Waals surface area contributed by atoms with Crippen molar-refractivity contribution in [3.8, 4) is 0 Å². The molecule has 1 N–H and O–H groups in total. The summed E-state index contributed by atoms with van der Waals surface area (Å²) >= 11 is 1.49. The molecule has 2 aromatic heterocycles. The minimum Gasteiger partial charge on any atom is -0.354 e. The van der Waals surface area contributed by atoms with Gasteiger partial charge < -0.3 is 9.88 Å². The van der Waals surface area contributed by atoms with Crippen molar-refractivity contribution in [1.29, 1.82) is 0 Å². The third-order valence-electron chi connectivity index (χ3n) is 1.70. The summed E-state index contributed by atoms with van der Waals surface area (Å²) in [6.07, 6.45) is 3.60. The van der Waals surface area contributed by atoms with Crippen LogP contribution in [0.2, 0.25) is 0 Å². The molecule has 2 aromatic rings. The summed E-state index contributed by atoms with van der Waals surface area (Å²) in [6.45, 7) is 0.728. The minimum atomic E-state index is 0.728. The predicted molar refractivity (Wildman–Crippen MR) is 50.4 cm³/mol. The van der Waals surface area contributed by atoms with Crippen LogP contribution in [0.3, 0.4) is 0 Å². The molecule has 0 aliphatic heterocycles. The monoisotopic (exact) mass is 195 g/mol. The summed E-state index contributed by atoms with van der Waals surface area (Å²) in [7, 11) is 1.96. The predicted octanol–water partition coefficient (Wildman–Crippen LogP) is 0.884. The van der Waals surface area contributed by atoms with Gasteiger partial charge in [0.2, 0.25) is 5.13 Å². The standard InChI is InChI=1S/C7H9N5S/c1-12-4-8-2-6(12)3-9-7-11-10-5-13-7/h2,4-5H,3H2,1H3,(H,9,11). The number of hydrogen-bond donors (Lipinski definition) is 1. The maximum Gasteiger partial charge on any atom is 0.205 e. The normalized spacial score (nSPS) is 10.2. The van der Waals surface area contributed by atoms with Gasteiger partial charge in [0.25, 0.3) is 0 Å². The first kappa shape index (κ1) is 8.18. The van der Waals surface area contributed by atoms with E-state index in [-0.39, 0.29) is 0 Å². The lowest BCUT2D eigenvalue weighted by molar-refractivity contribution is 0.835. The second kappa shape index (κ2) is 3.53.